The van der Waals surface area contributed by atoms with Crippen molar-refractivity contribution >= 4 is 16.9 Å². The van der Waals surface area contributed by atoms with Crippen LogP contribution in [0.1, 0.15) is 19.3 Å². The molecule has 1 aliphatic carbocycles. The van der Waals surface area contributed by atoms with Crippen molar-refractivity contribution in [2.45, 2.75) is 31.3 Å². The van der Waals surface area contributed by atoms with Crippen molar-refractivity contribution in [3.05, 3.63) is 30.7 Å². The maximum Gasteiger partial charge on any atom is 0.164 e. The summed E-state index contributed by atoms with van der Waals surface area (Å²) < 4.78 is 1.81. The van der Waals surface area contributed by atoms with Crippen LogP contribution in [0, 0.1) is 5.92 Å². The first kappa shape index (κ1) is 16.6. The van der Waals surface area contributed by atoms with Crippen LogP contribution in [0.3, 0.4) is 0 Å². The topological polar surface area (TPSA) is 83.8 Å². The number of rotatable bonds is 4. The first-order valence-electron chi connectivity index (χ1n) is 9.53. The van der Waals surface area contributed by atoms with Gasteiger partial charge in [-0.15, -0.1) is 0 Å². The fourth-order valence-corrected chi connectivity index (χ4v) is 4.46. The van der Waals surface area contributed by atoms with Crippen LogP contribution in [0.25, 0.3) is 22.4 Å². The van der Waals surface area contributed by atoms with Crippen LogP contribution >= 0.6 is 0 Å². The summed E-state index contributed by atoms with van der Waals surface area (Å²) in [7, 11) is 4.02. The van der Waals surface area contributed by atoms with Crippen molar-refractivity contribution in [1.82, 2.24) is 35.6 Å². The summed E-state index contributed by atoms with van der Waals surface area (Å²) in [6, 6.07) is 4.91. The highest BCUT2D eigenvalue weighted by molar-refractivity contribution is 5.88. The molecule has 0 bridgehead atoms. The molecule has 0 radical (unpaired) electrons. The maximum atomic E-state index is 4.90. The molecule has 27 heavy (non-hydrogen) atoms. The predicted octanol–water partition coefficient (Wildman–Crippen LogP) is 1.51. The molecule has 0 amide bonds. The monoisotopic (exact) mass is 364 g/mol. The van der Waals surface area contributed by atoms with Gasteiger partial charge in [-0.1, -0.05) is 6.42 Å². The molecule has 1 saturated heterocycles. The third-order valence-corrected chi connectivity index (χ3v) is 5.88. The van der Waals surface area contributed by atoms with Gasteiger partial charge in [-0.2, -0.15) is 5.10 Å². The van der Waals surface area contributed by atoms with E-state index in [4.69, 9.17) is 9.97 Å². The van der Waals surface area contributed by atoms with Gasteiger partial charge in [-0.25, -0.2) is 9.97 Å². The molecule has 2 aliphatic rings. The molecule has 3 atom stereocenters. The van der Waals surface area contributed by atoms with Crippen LogP contribution in [-0.2, 0) is 7.05 Å². The molecule has 0 spiro atoms. The quantitative estimate of drug-likeness (QED) is 0.726. The first-order chi connectivity index (χ1) is 13.2. The highest BCUT2D eigenvalue weighted by Gasteiger charge is 2.39. The summed E-state index contributed by atoms with van der Waals surface area (Å²) in [5, 5.41) is 5.38. The molecule has 5 rings (SSSR count). The normalized spacial score (nSPS) is 24.4. The van der Waals surface area contributed by atoms with Crippen molar-refractivity contribution < 1.29 is 0 Å². The van der Waals surface area contributed by atoms with E-state index in [1.54, 1.807) is 17.1 Å². The Hall–Kier alpha value is -2.58. The summed E-state index contributed by atoms with van der Waals surface area (Å²) in [6.45, 7) is 0.894. The van der Waals surface area contributed by atoms with Gasteiger partial charge in [0, 0.05) is 50.7 Å². The Morgan fingerprint density at radius 3 is 2.89 bits per heavy atom. The molecular formula is C19H24N8. The Morgan fingerprint density at radius 1 is 1.19 bits per heavy atom. The molecule has 4 heterocycles. The van der Waals surface area contributed by atoms with E-state index in [0.717, 1.165) is 29.0 Å². The van der Waals surface area contributed by atoms with Crippen LogP contribution in [0.2, 0.25) is 0 Å². The molecule has 0 aromatic carbocycles. The van der Waals surface area contributed by atoms with Gasteiger partial charge < -0.3 is 4.90 Å². The fraction of sp³-hybridized carbons (Fsp3) is 0.474. The van der Waals surface area contributed by atoms with Crippen LogP contribution in [-0.4, -0.2) is 50.4 Å². The van der Waals surface area contributed by atoms with Gasteiger partial charge in [0.15, 0.2) is 11.5 Å². The number of aromatic nitrogens is 5. The van der Waals surface area contributed by atoms with Crippen molar-refractivity contribution in [2.24, 2.45) is 13.0 Å². The Labute approximate surface area is 158 Å². The van der Waals surface area contributed by atoms with E-state index in [-0.39, 0.29) is 0 Å². The highest BCUT2D eigenvalue weighted by atomic mass is 15.4. The third-order valence-electron chi connectivity index (χ3n) is 5.88. The molecular weight excluding hydrogens is 340 g/mol. The summed E-state index contributed by atoms with van der Waals surface area (Å²) in [5.41, 5.74) is 8.77. The molecule has 8 heteroatoms. The average molecular weight is 364 g/mol. The minimum Gasteiger partial charge on any atom is -0.357 e. The minimum absolute atomic E-state index is 0.425. The van der Waals surface area contributed by atoms with E-state index in [1.165, 1.54) is 19.3 Å². The molecule has 3 unspecified atom stereocenters. The van der Waals surface area contributed by atoms with Gasteiger partial charge in [0.25, 0.3) is 0 Å². The number of fused-ring (bicyclic) bond motifs is 2. The minimum atomic E-state index is 0.425. The molecule has 2 fully saturated rings. The molecule has 2 N–H and O–H groups in total. The highest BCUT2D eigenvalue weighted by Crippen LogP contribution is 2.33. The second kappa shape index (κ2) is 6.54. The van der Waals surface area contributed by atoms with E-state index < -0.39 is 0 Å². The van der Waals surface area contributed by atoms with E-state index in [9.17, 15) is 0 Å². The van der Waals surface area contributed by atoms with Gasteiger partial charge in [0.1, 0.15) is 5.82 Å². The number of pyridine rings is 1. The second-order valence-corrected chi connectivity index (χ2v) is 7.59. The summed E-state index contributed by atoms with van der Waals surface area (Å²) in [5.74, 6) is 2.31. The number of anilines is 1. The number of aryl methyl sites for hydroxylation is 1. The van der Waals surface area contributed by atoms with Crippen molar-refractivity contribution in [2.75, 3.05) is 18.5 Å². The number of nitrogens with one attached hydrogen (secondary N) is 2. The van der Waals surface area contributed by atoms with Crippen molar-refractivity contribution in [3.8, 4) is 11.4 Å². The molecule has 8 nitrogen and oxygen atoms in total. The fourth-order valence-electron chi connectivity index (χ4n) is 4.46. The van der Waals surface area contributed by atoms with Crippen LogP contribution < -0.4 is 15.8 Å². The van der Waals surface area contributed by atoms with E-state index in [2.05, 4.69) is 32.9 Å². The Kier molecular flexibility index (Phi) is 4.02. The molecule has 1 saturated carbocycles. The lowest BCUT2D eigenvalue weighted by atomic mass is 9.97. The zero-order valence-electron chi connectivity index (χ0n) is 15.6. The Morgan fingerprint density at radius 2 is 2.04 bits per heavy atom. The lowest BCUT2D eigenvalue weighted by Gasteiger charge is -2.25. The molecule has 3 aromatic heterocycles. The van der Waals surface area contributed by atoms with Gasteiger partial charge in [0.05, 0.1) is 11.6 Å². The van der Waals surface area contributed by atoms with Gasteiger partial charge >= 0.3 is 0 Å². The predicted molar refractivity (Wildman–Crippen MR) is 104 cm³/mol. The molecule has 3 aromatic rings. The SMILES string of the molecule is CN(CC1NNC2CCCC21)c1nc(-c2ccncc2)nc2c1cnn2C. The Bertz CT molecular complexity index is 953. The van der Waals surface area contributed by atoms with E-state index in [0.29, 0.717) is 23.8 Å². The van der Waals surface area contributed by atoms with Crippen molar-refractivity contribution in [1.29, 1.82) is 0 Å². The number of hydrogen-bond acceptors (Lipinski definition) is 7. The lowest BCUT2D eigenvalue weighted by molar-refractivity contribution is 0.445. The maximum absolute atomic E-state index is 4.90. The Balaban J connectivity index is 1.51. The number of hydrazine groups is 1. The number of nitrogens with zero attached hydrogens (tertiary/aromatic N) is 6. The third kappa shape index (κ3) is 2.85. The number of likely N-dealkylation sites (N-methyl/N-ethyl adjacent to an activating group) is 1. The zero-order valence-corrected chi connectivity index (χ0v) is 15.6. The molecule has 140 valence electrons. The second-order valence-electron chi connectivity index (χ2n) is 7.59. The lowest BCUT2D eigenvalue weighted by Crippen LogP contribution is -2.41. The van der Waals surface area contributed by atoms with E-state index in [1.807, 2.05) is 25.4 Å². The summed E-state index contributed by atoms with van der Waals surface area (Å²) in [6.07, 6.45) is 9.27. The smallest absolute Gasteiger partial charge is 0.164 e. The summed E-state index contributed by atoms with van der Waals surface area (Å²) >= 11 is 0. The number of hydrogen-bond donors (Lipinski definition) is 2. The average Bonchev–Trinajstić information content (AvgIpc) is 3.40. The standard InChI is InChI=1S/C19H24N8/c1-26(11-16-13-4-3-5-15(13)24-25-16)18-14-10-21-27(2)19(14)23-17(22-18)12-6-8-20-9-7-12/h6-10,13,15-16,24-25H,3-5,11H2,1-2H3. The van der Waals surface area contributed by atoms with Crippen molar-refractivity contribution in [3.63, 3.8) is 0 Å². The van der Waals surface area contributed by atoms with Crippen LogP contribution in [0.15, 0.2) is 30.7 Å². The summed E-state index contributed by atoms with van der Waals surface area (Å²) in [4.78, 5) is 16.0. The molecule has 1 aliphatic heterocycles. The van der Waals surface area contributed by atoms with Crippen LogP contribution in [0.4, 0.5) is 5.82 Å². The first-order valence-corrected chi connectivity index (χ1v) is 9.53. The largest absolute Gasteiger partial charge is 0.357 e. The van der Waals surface area contributed by atoms with Gasteiger partial charge in [-0.05, 0) is 30.9 Å². The van der Waals surface area contributed by atoms with Gasteiger partial charge in [-0.3, -0.25) is 20.5 Å². The zero-order chi connectivity index (χ0) is 18.4. The van der Waals surface area contributed by atoms with Crippen LogP contribution in [0.5, 0.6) is 0 Å². The van der Waals surface area contributed by atoms with Gasteiger partial charge in [0.2, 0.25) is 0 Å². The van der Waals surface area contributed by atoms with E-state index >= 15 is 0 Å².